The summed E-state index contributed by atoms with van der Waals surface area (Å²) in [5.74, 6) is -0.512. The van der Waals surface area contributed by atoms with Crippen molar-refractivity contribution in [3.63, 3.8) is 0 Å². The summed E-state index contributed by atoms with van der Waals surface area (Å²) in [5, 5.41) is 2.73. The first-order valence-electron chi connectivity index (χ1n) is 5.50. The summed E-state index contributed by atoms with van der Waals surface area (Å²) in [4.78, 5) is 22.1. The van der Waals surface area contributed by atoms with Gasteiger partial charge in [0, 0.05) is 13.8 Å². The molecule has 0 saturated heterocycles. The summed E-state index contributed by atoms with van der Waals surface area (Å²) in [6, 6.07) is 9.09. The Labute approximate surface area is 101 Å². The van der Waals surface area contributed by atoms with Gasteiger partial charge in [0.2, 0.25) is 5.91 Å². The number of rotatable bonds is 4. The molecule has 0 radical (unpaired) electrons. The number of hydrogen-bond acceptors (Lipinski definition) is 3. The first-order valence-corrected chi connectivity index (χ1v) is 5.50. The molecule has 1 aromatic rings. The number of carbonyl (C=O) groups is 2. The molecule has 17 heavy (non-hydrogen) atoms. The molecular formula is C13H17NO3. The Morgan fingerprint density at radius 2 is 1.76 bits per heavy atom. The second-order valence-electron chi connectivity index (χ2n) is 3.93. The maximum Gasteiger partial charge on any atom is 0.303 e. The predicted octanol–water partition coefficient (Wildman–Crippen LogP) is 1.82. The Bertz CT molecular complexity index is 389. The smallest absolute Gasteiger partial charge is 0.303 e. The minimum atomic E-state index is -0.461. The van der Waals surface area contributed by atoms with Gasteiger partial charge in [-0.2, -0.15) is 0 Å². The average Bonchev–Trinajstić information content (AvgIpc) is 2.25. The van der Waals surface area contributed by atoms with Gasteiger partial charge in [0.05, 0.1) is 6.04 Å². The third kappa shape index (κ3) is 4.26. The van der Waals surface area contributed by atoms with Crippen LogP contribution in [0.1, 0.15) is 32.4 Å². The Balaban J connectivity index is 2.87. The monoisotopic (exact) mass is 235 g/mol. The lowest BCUT2D eigenvalue weighted by Crippen LogP contribution is -2.37. The van der Waals surface area contributed by atoms with Crippen molar-refractivity contribution < 1.29 is 14.3 Å². The summed E-state index contributed by atoms with van der Waals surface area (Å²) < 4.78 is 5.25. The molecule has 4 heteroatoms. The first-order chi connectivity index (χ1) is 8.00. The van der Waals surface area contributed by atoms with Gasteiger partial charge >= 0.3 is 5.97 Å². The highest BCUT2D eigenvalue weighted by Gasteiger charge is 2.22. The van der Waals surface area contributed by atoms with Crippen LogP contribution in [-0.2, 0) is 14.3 Å². The largest absolute Gasteiger partial charge is 0.455 e. The van der Waals surface area contributed by atoms with Gasteiger partial charge in [-0.1, -0.05) is 30.3 Å². The zero-order valence-corrected chi connectivity index (χ0v) is 10.3. The minimum absolute atomic E-state index is 0.148. The fraction of sp³-hybridized carbons (Fsp3) is 0.385. The van der Waals surface area contributed by atoms with E-state index in [-0.39, 0.29) is 17.9 Å². The second kappa shape index (κ2) is 6.03. The molecule has 0 saturated carbocycles. The number of esters is 1. The molecule has 0 aliphatic heterocycles. The van der Waals surface area contributed by atoms with Crippen molar-refractivity contribution in [3.8, 4) is 0 Å². The Hall–Kier alpha value is -1.84. The summed E-state index contributed by atoms with van der Waals surface area (Å²) >= 11 is 0. The highest BCUT2D eigenvalue weighted by molar-refractivity contribution is 5.73. The van der Waals surface area contributed by atoms with Crippen molar-refractivity contribution in [2.45, 2.75) is 32.9 Å². The Kier molecular flexibility index (Phi) is 4.69. The predicted molar refractivity (Wildman–Crippen MR) is 64.2 cm³/mol. The van der Waals surface area contributed by atoms with Gasteiger partial charge in [0.25, 0.3) is 0 Å². The molecule has 0 bridgehead atoms. The summed E-state index contributed by atoms with van der Waals surface area (Å²) in [6.07, 6.45) is -0.461. The van der Waals surface area contributed by atoms with E-state index >= 15 is 0 Å². The zero-order chi connectivity index (χ0) is 12.8. The van der Waals surface area contributed by atoms with E-state index in [1.165, 1.54) is 13.8 Å². The van der Waals surface area contributed by atoms with Crippen LogP contribution < -0.4 is 5.32 Å². The second-order valence-corrected chi connectivity index (χ2v) is 3.93. The SMILES string of the molecule is CC(=O)NC(C)C(OC(C)=O)c1ccccc1. The van der Waals surface area contributed by atoms with E-state index in [4.69, 9.17) is 4.74 Å². The fourth-order valence-corrected chi connectivity index (χ4v) is 1.68. The lowest BCUT2D eigenvalue weighted by molar-refractivity contribution is -0.149. The Morgan fingerprint density at radius 3 is 2.24 bits per heavy atom. The molecule has 1 amide bonds. The minimum Gasteiger partial charge on any atom is -0.455 e. The van der Waals surface area contributed by atoms with E-state index in [9.17, 15) is 9.59 Å². The van der Waals surface area contributed by atoms with E-state index in [1.54, 1.807) is 0 Å². The highest BCUT2D eigenvalue weighted by Crippen LogP contribution is 2.21. The van der Waals surface area contributed by atoms with Crippen molar-refractivity contribution in [2.75, 3.05) is 0 Å². The lowest BCUT2D eigenvalue weighted by Gasteiger charge is -2.24. The standard InChI is InChI=1S/C13H17NO3/c1-9(14-10(2)15)13(17-11(3)16)12-7-5-4-6-8-12/h4-9,13H,1-3H3,(H,14,15). The van der Waals surface area contributed by atoms with E-state index in [0.29, 0.717) is 0 Å². The van der Waals surface area contributed by atoms with Crippen molar-refractivity contribution in [3.05, 3.63) is 35.9 Å². The lowest BCUT2D eigenvalue weighted by atomic mass is 10.0. The molecule has 0 spiro atoms. The molecule has 2 atom stereocenters. The van der Waals surface area contributed by atoms with Crippen LogP contribution in [0.15, 0.2) is 30.3 Å². The number of ether oxygens (including phenoxy) is 1. The molecular weight excluding hydrogens is 218 g/mol. The van der Waals surface area contributed by atoms with Gasteiger partial charge in [-0.3, -0.25) is 9.59 Å². The molecule has 0 heterocycles. The molecule has 0 aliphatic carbocycles. The molecule has 92 valence electrons. The van der Waals surface area contributed by atoms with Crippen molar-refractivity contribution in [1.82, 2.24) is 5.32 Å². The fourth-order valence-electron chi connectivity index (χ4n) is 1.68. The molecule has 1 aromatic carbocycles. The molecule has 1 N–H and O–H groups in total. The summed E-state index contributed by atoms with van der Waals surface area (Å²) in [7, 11) is 0. The van der Waals surface area contributed by atoms with Gasteiger partial charge < -0.3 is 10.1 Å². The van der Waals surface area contributed by atoms with E-state index in [1.807, 2.05) is 37.3 Å². The van der Waals surface area contributed by atoms with Crippen LogP contribution in [0.4, 0.5) is 0 Å². The van der Waals surface area contributed by atoms with Crippen molar-refractivity contribution >= 4 is 11.9 Å². The quantitative estimate of drug-likeness (QED) is 0.810. The summed E-state index contributed by atoms with van der Waals surface area (Å²) in [5.41, 5.74) is 0.865. The van der Waals surface area contributed by atoms with E-state index in [2.05, 4.69) is 5.32 Å². The van der Waals surface area contributed by atoms with E-state index < -0.39 is 6.10 Å². The number of amides is 1. The highest BCUT2D eigenvalue weighted by atomic mass is 16.5. The average molecular weight is 235 g/mol. The zero-order valence-electron chi connectivity index (χ0n) is 10.3. The van der Waals surface area contributed by atoms with E-state index in [0.717, 1.165) is 5.56 Å². The van der Waals surface area contributed by atoms with Gasteiger partial charge in [-0.15, -0.1) is 0 Å². The maximum absolute atomic E-state index is 11.1. The van der Waals surface area contributed by atoms with Crippen LogP contribution in [0.5, 0.6) is 0 Å². The molecule has 0 fully saturated rings. The van der Waals surface area contributed by atoms with Crippen LogP contribution in [-0.4, -0.2) is 17.9 Å². The number of carbonyl (C=O) groups excluding carboxylic acids is 2. The van der Waals surface area contributed by atoms with Gasteiger partial charge in [0.1, 0.15) is 6.10 Å². The topological polar surface area (TPSA) is 55.4 Å². The van der Waals surface area contributed by atoms with Crippen molar-refractivity contribution in [2.24, 2.45) is 0 Å². The Morgan fingerprint density at radius 1 is 1.18 bits per heavy atom. The number of benzene rings is 1. The van der Waals surface area contributed by atoms with Crippen LogP contribution in [0.2, 0.25) is 0 Å². The maximum atomic E-state index is 11.1. The van der Waals surface area contributed by atoms with Gasteiger partial charge in [-0.05, 0) is 12.5 Å². The number of hydrogen-bond donors (Lipinski definition) is 1. The van der Waals surface area contributed by atoms with Gasteiger partial charge in [0.15, 0.2) is 0 Å². The first kappa shape index (κ1) is 13.2. The summed E-state index contributed by atoms with van der Waals surface area (Å²) in [6.45, 7) is 4.60. The van der Waals surface area contributed by atoms with Crippen LogP contribution in [0, 0.1) is 0 Å². The molecule has 0 aliphatic rings. The molecule has 1 rings (SSSR count). The molecule has 2 unspecified atom stereocenters. The molecule has 4 nitrogen and oxygen atoms in total. The van der Waals surface area contributed by atoms with Gasteiger partial charge in [-0.25, -0.2) is 0 Å². The van der Waals surface area contributed by atoms with Crippen LogP contribution >= 0.6 is 0 Å². The normalized spacial score (nSPS) is 13.6. The molecule has 0 aromatic heterocycles. The number of nitrogens with one attached hydrogen (secondary N) is 1. The third-order valence-corrected chi connectivity index (χ3v) is 2.31. The van der Waals surface area contributed by atoms with Crippen molar-refractivity contribution in [1.29, 1.82) is 0 Å². The third-order valence-electron chi connectivity index (χ3n) is 2.31. The van der Waals surface area contributed by atoms with Crippen LogP contribution in [0.25, 0.3) is 0 Å². The van der Waals surface area contributed by atoms with Crippen LogP contribution in [0.3, 0.4) is 0 Å².